The van der Waals surface area contributed by atoms with Crippen LogP contribution in [0.15, 0.2) is 103 Å². The predicted octanol–water partition coefficient (Wildman–Crippen LogP) is 8.16. The summed E-state index contributed by atoms with van der Waals surface area (Å²) in [5.41, 5.74) is 4.28. The molecule has 4 aromatic rings. The molecule has 6 nitrogen and oxygen atoms in total. The Morgan fingerprint density at radius 2 is 1.62 bits per heavy atom. The monoisotopic (exact) mass is 558 g/mol. The van der Waals surface area contributed by atoms with Crippen molar-refractivity contribution in [1.82, 2.24) is 4.98 Å². The first-order valence-corrected chi connectivity index (χ1v) is 14.9. The highest BCUT2D eigenvalue weighted by atomic mass is 32.2. The number of allylic oxidation sites excluding steroid dienone is 3. The Morgan fingerprint density at radius 1 is 0.975 bits per heavy atom. The zero-order chi connectivity index (χ0) is 29.3. The molecule has 0 unspecified atom stereocenters. The Hall–Kier alpha value is -3.94. The van der Waals surface area contributed by atoms with Gasteiger partial charge in [-0.25, -0.2) is 0 Å². The standard InChI is InChI=1S/C29H28N2O.C4H10O3S/c1-5-6-14-23(31(28(32)29(2,3)4)22-15-8-7-9-16-22)20-21-13-12-19-26-27(21)24-17-10-11-18-25(24)30-26;1-2-3-4-8(5,6)7/h5-20,30H,1H2,2-4H3;2-4H2,1H3,(H,5,6,7). The summed E-state index contributed by atoms with van der Waals surface area (Å²) in [4.78, 5) is 18.9. The molecule has 40 heavy (non-hydrogen) atoms. The molecule has 7 heteroatoms. The molecule has 2 N–H and O–H groups in total. The number of anilines is 1. The number of rotatable bonds is 8. The molecule has 0 radical (unpaired) electrons. The summed E-state index contributed by atoms with van der Waals surface area (Å²) in [6.45, 7) is 11.5. The molecule has 0 aliphatic rings. The lowest BCUT2D eigenvalue weighted by atomic mass is 9.93. The Bertz CT molecular complexity index is 1630. The van der Waals surface area contributed by atoms with Crippen LogP contribution >= 0.6 is 0 Å². The van der Waals surface area contributed by atoms with Crippen molar-refractivity contribution < 1.29 is 17.8 Å². The van der Waals surface area contributed by atoms with Crippen molar-refractivity contribution in [3.8, 4) is 0 Å². The average molecular weight is 559 g/mol. The van der Waals surface area contributed by atoms with Gasteiger partial charge < -0.3 is 4.98 Å². The number of amides is 1. The summed E-state index contributed by atoms with van der Waals surface area (Å²) in [5, 5.41) is 2.30. The summed E-state index contributed by atoms with van der Waals surface area (Å²) >= 11 is 0. The van der Waals surface area contributed by atoms with Gasteiger partial charge in [-0.15, -0.1) is 0 Å². The van der Waals surface area contributed by atoms with Gasteiger partial charge in [0.15, 0.2) is 0 Å². The largest absolute Gasteiger partial charge is 0.354 e. The zero-order valence-corrected chi connectivity index (χ0v) is 24.4. The lowest BCUT2D eigenvalue weighted by Crippen LogP contribution is -2.38. The van der Waals surface area contributed by atoms with E-state index in [2.05, 4.69) is 41.9 Å². The van der Waals surface area contributed by atoms with Gasteiger partial charge in [0, 0.05) is 38.6 Å². The van der Waals surface area contributed by atoms with E-state index >= 15 is 0 Å². The Kier molecular flexibility index (Phi) is 10.3. The Morgan fingerprint density at radius 3 is 2.23 bits per heavy atom. The maximum absolute atomic E-state index is 13.6. The smallest absolute Gasteiger partial charge is 0.264 e. The second-order valence-corrected chi connectivity index (χ2v) is 12.0. The molecular formula is C33H38N2O4S. The van der Waals surface area contributed by atoms with Crippen molar-refractivity contribution in [1.29, 1.82) is 0 Å². The number of aromatic nitrogens is 1. The van der Waals surface area contributed by atoms with Gasteiger partial charge in [0.2, 0.25) is 5.91 Å². The highest BCUT2D eigenvalue weighted by molar-refractivity contribution is 7.85. The third-order valence-electron chi connectivity index (χ3n) is 6.14. The number of benzene rings is 3. The maximum Gasteiger partial charge on any atom is 0.264 e. The van der Waals surface area contributed by atoms with E-state index in [-0.39, 0.29) is 11.7 Å². The fourth-order valence-electron chi connectivity index (χ4n) is 4.19. The molecule has 0 saturated carbocycles. The molecule has 1 amide bonds. The van der Waals surface area contributed by atoms with E-state index in [1.807, 2.05) is 88.4 Å². The number of nitrogens with one attached hydrogen (secondary N) is 1. The van der Waals surface area contributed by atoms with Crippen LogP contribution in [0.2, 0.25) is 0 Å². The van der Waals surface area contributed by atoms with Crippen LogP contribution in [-0.4, -0.2) is 29.6 Å². The molecule has 0 fully saturated rings. The fraction of sp³-hybridized carbons (Fsp3) is 0.242. The van der Waals surface area contributed by atoms with Gasteiger partial charge in [0.25, 0.3) is 10.1 Å². The van der Waals surface area contributed by atoms with Crippen molar-refractivity contribution in [3.63, 3.8) is 0 Å². The summed E-state index contributed by atoms with van der Waals surface area (Å²) < 4.78 is 28.0. The molecule has 0 aliphatic carbocycles. The van der Waals surface area contributed by atoms with E-state index in [0.717, 1.165) is 45.2 Å². The van der Waals surface area contributed by atoms with Crippen molar-refractivity contribution in [2.75, 3.05) is 10.7 Å². The molecular weight excluding hydrogens is 520 g/mol. The SMILES string of the molecule is C=CC=CC(=Cc1cccc2[nH]c3ccccc3c12)N(C(=O)C(C)(C)C)c1ccccc1.CCCCS(=O)(=O)O. The molecule has 0 bridgehead atoms. The Balaban J connectivity index is 0.000000482. The molecule has 210 valence electrons. The maximum atomic E-state index is 13.6. The van der Waals surface area contributed by atoms with Crippen LogP contribution in [0.3, 0.4) is 0 Å². The second kappa shape index (κ2) is 13.4. The van der Waals surface area contributed by atoms with Gasteiger partial charge in [0.05, 0.1) is 5.75 Å². The number of hydrogen-bond acceptors (Lipinski definition) is 3. The van der Waals surface area contributed by atoms with Crippen molar-refractivity contribution >= 4 is 49.6 Å². The number of unbranched alkanes of at least 4 members (excludes halogenated alkanes) is 1. The van der Waals surface area contributed by atoms with Gasteiger partial charge in [-0.2, -0.15) is 8.42 Å². The summed E-state index contributed by atoms with van der Waals surface area (Å²) in [5.74, 6) is -0.0847. The van der Waals surface area contributed by atoms with Gasteiger partial charge in [-0.1, -0.05) is 101 Å². The summed E-state index contributed by atoms with van der Waals surface area (Å²) in [7, 11) is -3.69. The van der Waals surface area contributed by atoms with Crippen molar-refractivity contribution in [3.05, 3.63) is 109 Å². The number of carbonyl (C=O) groups excluding carboxylic acids is 1. The lowest BCUT2D eigenvalue weighted by Gasteiger charge is -2.30. The number of para-hydroxylation sites is 2. The molecule has 0 spiro atoms. The number of H-pyrrole nitrogens is 1. The van der Waals surface area contributed by atoms with Gasteiger partial charge in [-0.3, -0.25) is 14.2 Å². The van der Waals surface area contributed by atoms with Gasteiger partial charge in [-0.05, 0) is 48.4 Å². The number of fused-ring (bicyclic) bond motifs is 3. The highest BCUT2D eigenvalue weighted by Gasteiger charge is 2.30. The van der Waals surface area contributed by atoms with Crippen LogP contribution in [0, 0.1) is 5.41 Å². The first kappa shape index (κ1) is 30.6. The van der Waals surface area contributed by atoms with Crippen LogP contribution in [-0.2, 0) is 14.9 Å². The second-order valence-electron chi connectivity index (χ2n) is 10.5. The predicted molar refractivity (Wildman–Crippen MR) is 168 cm³/mol. The quantitative estimate of drug-likeness (QED) is 0.169. The number of hydrogen-bond donors (Lipinski definition) is 2. The minimum Gasteiger partial charge on any atom is -0.354 e. The van der Waals surface area contributed by atoms with E-state index in [1.54, 1.807) is 11.0 Å². The minimum absolute atomic E-state index is 0.0229. The van der Waals surface area contributed by atoms with Crippen molar-refractivity contribution in [2.24, 2.45) is 5.41 Å². The molecule has 0 saturated heterocycles. The third-order valence-corrected chi connectivity index (χ3v) is 6.95. The number of nitrogens with zero attached hydrogens (tertiary/aromatic N) is 1. The van der Waals surface area contributed by atoms with E-state index in [4.69, 9.17) is 4.55 Å². The molecule has 3 aromatic carbocycles. The van der Waals surface area contributed by atoms with Crippen LogP contribution in [0.4, 0.5) is 5.69 Å². The van der Waals surface area contributed by atoms with E-state index in [1.165, 1.54) is 0 Å². The van der Waals surface area contributed by atoms with Crippen LogP contribution in [0.1, 0.15) is 46.1 Å². The van der Waals surface area contributed by atoms with E-state index in [9.17, 15) is 13.2 Å². The molecule has 0 atom stereocenters. The first-order valence-electron chi connectivity index (χ1n) is 13.3. The summed E-state index contributed by atoms with van der Waals surface area (Å²) in [6.07, 6.45) is 8.95. The Labute approximate surface area is 237 Å². The molecule has 0 aliphatic heterocycles. The molecule has 1 aromatic heterocycles. The third kappa shape index (κ3) is 8.04. The number of carbonyl (C=O) groups is 1. The van der Waals surface area contributed by atoms with E-state index < -0.39 is 15.5 Å². The van der Waals surface area contributed by atoms with Crippen LogP contribution in [0.5, 0.6) is 0 Å². The van der Waals surface area contributed by atoms with Gasteiger partial charge >= 0.3 is 0 Å². The molecule has 4 rings (SSSR count). The van der Waals surface area contributed by atoms with Crippen LogP contribution in [0.25, 0.3) is 27.9 Å². The normalized spacial score (nSPS) is 12.4. The summed E-state index contributed by atoms with van der Waals surface area (Å²) in [6, 6.07) is 24.3. The average Bonchev–Trinajstić information content (AvgIpc) is 3.30. The minimum atomic E-state index is -3.69. The van der Waals surface area contributed by atoms with Crippen molar-refractivity contribution in [2.45, 2.75) is 40.5 Å². The highest BCUT2D eigenvalue weighted by Crippen LogP contribution is 2.32. The molecule has 1 heterocycles. The number of aromatic amines is 1. The first-order chi connectivity index (χ1) is 19.0. The van der Waals surface area contributed by atoms with Crippen LogP contribution < -0.4 is 4.90 Å². The fourth-order valence-corrected chi connectivity index (χ4v) is 4.84. The topological polar surface area (TPSA) is 90.5 Å². The van der Waals surface area contributed by atoms with E-state index in [0.29, 0.717) is 6.42 Å². The lowest BCUT2D eigenvalue weighted by molar-refractivity contribution is -0.125. The van der Waals surface area contributed by atoms with Gasteiger partial charge in [0.1, 0.15) is 0 Å². The zero-order valence-electron chi connectivity index (χ0n) is 23.6.